The fourth-order valence-corrected chi connectivity index (χ4v) is 3.42. The number of nitrogens with zero attached hydrogens (tertiary/aromatic N) is 5. The van der Waals surface area contributed by atoms with Crippen LogP contribution in [-0.2, 0) is 7.05 Å². The van der Waals surface area contributed by atoms with Gasteiger partial charge in [0.2, 0.25) is 0 Å². The van der Waals surface area contributed by atoms with Crippen molar-refractivity contribution in [1.82, 2.24) is 24.1 Å². The van der Waals surface area contributed by atoms with Gasteiger partial charge in [0, 0.05) is 56.4 Å². The Morgan fingerprint density at radius 2 is 2.16 bits per heavy atom. The van der Waals surface area contributed by atoms with Gasteiger partial charge < -0.3 is 9.30 Å². The van der Waals surface area contributed by atoms with Gasteiger partial charge in [-0.05, 0) is 25.0 Å². The molecule has 128 valence electrons. The van der Waals surface area contributed by atoms with Crippen LogP contribution >= 0.6 is 0 Å². The fraction of sp³-hybridized carbons (Fsp3) is 0.333. The molecule has 3 aromatic heterocycles. The number of rotatable bonds is 4. The molecule has 0 radical (unpaired) electrons. The number of pyridine rings is 1. The number of carbonyl (C=O) groups is 2. The lowest BCUT2D eigenvalue weighted by molar-refractivity contribution is 0.0717. The number of ketones is 1. The summed E-state index contributed by atoms with van der Waals surface area (Å²) in [6.07, 6.45) is 10.8. The summed E-state index contributed by atoms with van der Waals surface area (Å²) in [5.74, 6) is -0.00602. The molecule has 25 heavy (non-hydrogen) atoms. The second kappa shape index (κ2) is 6.16. The lowest BCUT2D eigenvalue weighted by Gasteiger charge is -2.24. The van der Waals surface area contributed by atoms with Crippen LogP contribution in [0.25, 0.3) is 5.65 Å². The third-order valence-corrected chi connectivity index (χ3v) is 4.73. The molecule has 7 heteroatoms. The number of aromatic nitrogens is 4. The van der Waals surface area contributed by atoms with E-state index in [1.54, 1.807) is 42.5 Å². The van der Waals surface area contributed by atoms with E-state index >= 15 is 0 Å². The highest BCUT2D eigenvalue weighted by Gasteiger charge is 2.31. The predicted octanol–water partition coefficient (Wildman–Crippen LogP) is 1.95. The summed E-state index contributed by atoms with van der Waals surface area (Å²) < 4.78 is 3.48. The maximum absolute atomic E-state index is 12.9. The molecule has 1 unspecified atom stereocenters. The van der Waals surface area contributed by atoms with Crippen LogP contribution in [0.5, 0.6) is 0 Å². The Labute approximate surface area is 144 Å². The van der Waals surface area contributed by atoms with Gasteiger partial charge in [-0.2, -0.15) is 5.10 Å². The number of likely N-dealkylation sites (tertiary alicyclic amines) is 1. The highest BCUT2D eigenvalue weighted by atomic mass is 16.2. The van der Waals surface area contributed by atoms with E-state index < -0.39 is 0 Å². The summed E-state index contributed by atoms with van der Waals surface area (Å²) in [6.45, 7) is 0.684. The molecule has 4 rings (SSSR count). The van der Waals surface area contributed by atoms with Crippen molar-refractivity contribution in [1.29, 1.82) is 0 Å². The van der Waals surface area contributed by atoms with Crippen LogP contribution in [-0.4, -0.2) is 48.3 Å². The number of imidazole rings is 1. The van der Waals surface area contributed by atoms with Gasteiger partial charge in [0.1, 0.15) is 5.65 Å². The second-order valence-corrected chi connectivity index (χ2v) is 6.43. The van der Waals surface area contributed by atoms with Crippen molar-refractivity contribution in [3.8, 4) is 0 Å². The van der Waals surface area contributed by atoms with E-state index in [0.29, 0.717) is 24.1 Å². The summed E-state index contributed by atoms with van der Waals surface area (Å²) in [6, 6.07) is 3.53. The SMILES string of the molecule is Cn1cc(C(=O)CC2CCCN2C(=O)c2ccn3ccnc3c2)cn1. The van der Waals surface area contributed by atoms with Crippen molar-refractivity contribution >= 4 is 17.3 Å². The Balaban J connectivity index is 1.52. The number of carbonyl (C=O) groups excluding carboxylic acids is 2. The van der Waals surface area contributed by atoms with E-state index in [2.05, 4.69) is 10.1 Å². The van der Waals surface area contributed by atoms with Crippen LogP contribution < -0.4 is 0 Å². The van der Waals surface area contributed by atoms with Crippen molar-refractivity contribution < 1.29 is 9.59 Å². The van der Waals surface area contributed by atoms with E-state index in [1.165, 1.54) is 0 Å². The van der Waals surface area contributed by atoms with Crippen LogP contribution in [0.15, 0.2) is 43.1 Å². The van der Waals surface area contributed by atoms with Gasteiger partial charge in [0.05, 0.1) is 11.8 Å². The molecule has 1 atom stereocenters. The minimum Gasteiger partial charge on any atom is -0.335 e. The maximum Gasteiger partial charge on any atom is 0.254 e. The molecular weight excluding hydrogens is 318 g/mol. The quantitative estimate of drug-likeness (QED) is 0.682. The van der Waals surface area contributed by atoms with Crippen LogP contribution in [0.3, 0.4) is 0 Å². The number of Topliss-reactive ketones (excluding diaryl/α,β-unsaturated/α-hetero) is 1. The summed E-state index contributed by atoms with van der Waals surface area (Å²) in [5, 5.41) is 4.04. The standard InChI is InChI=1S/C18H19N5O2/c1-21-12-14(11-20-21)16(24)10-15-3-2-6-23(15)18(25)13-4-7-22-8-5-19-17(22)9-13/h4-5,7-9,11-12,15H,2-3,6,10H2,1H3. The summed E-state index contributed by atoms with van der Waals surface area (Å²) in [4.78, 5) is 31.4. The molecule has 1 amide bonds. The predicted molar refractivity (Wildman–Crippen MR) is 91.4 cm³/mol. The molecule has 0 aromatic carbocycles. The van der Waals surface area contributed by atoms with Crippen LogP contribution in [0, 0.1) is 0 Å². The van der Waals surface area contributed by atoms with Gasteiger partial charge in [-0.25, -0.2) is 4.98 Å². The topological polar surface area (TPSA) is 72.5 Å². The zero-order valence-electron chi connectivity index (χ0n) is 14.0. The molecule has 0 bridgehead atoms. The zero-order valence-corrected chi connectivity index (χ0v) is 14.0. The molecule has 0 aliphatic carbocycles. The van der Waals surface area contributed by atoms with Gasteiger partial charge in [0.15, 0.2) is 5.78 Å². The number of amides is 1. The highest BCUT2D eigenvalue weighted by Crippen LogP contribution is 2.24. The zero-order chi connectivity index (χ0) is 17.4. The number of hydrogen-bond acceptors (Lipinski definition) is 4. The van der Waals surface area contributed by atoms with E-state index in [1.807, 2.05) is 21.7 Å². The first-order valence-corrected chi connectivity index (χ1v) is 8.37. The lowest BCUT2D eigenvalue weighted by Crippen LogP contribution is -2.36. The van der Waals surface area contributed by atoms with Gasteiger partial charge >= 0.3 is 0 Å². The smallest absolute Gasteiger partial charge is 0.254 e. The van der Waals surface area contributed by atoms with E-state index in [0.717, 1.165) is 18.5 Å². The van der Waals surface area contributed by atoms with Crippen LogP contribution in [0.4, 0.5) is 0 Å². The molecule has 3 aromatic rings. The molecular formula is C18H19N5O2. The van der Waals surface area contributed by atoms with Crippen LogP contribution in [0.2, 0.25) is 0 Å². The lowest BCUT2D eigenvalue weighted by atomic mass is 10.0. The van der Waals surface area contributed by atoms with Crippen molar-refractivity contribution in [2.24, 2.45) is 7.05 Å². The van der Waals surface area contributed by atoms with E-state index in [-0.39, 0.29) is 17.7 Å². The molecule has 1 aliphatic rings. The maximum atomic E-state index is 12.9. The van der Waals surface area contributed by atoms with E-state index in [4.69, 9.17) is 0 Å². The normalized spacial score (nSPS) is 17.3. The van der Waals surface area contributed by atoms with Crippen molar-refractivity contribution in [3.63, 3.8) is 0 Å². The second-order valence-electron chi connectivity index (χ2n) is 6.43. The average Bonchev–Trinajstić information content (AvgIpc) is 3.33. The fourth-order valence-electron chi connectivity index (χ4n) is 3.42. The van der Waals surface area contributed by atoms with Gasteiger partial charge in [-0.3, -0.25) is 14.3 Å². The minimum atomic E-state index is -0.0591. The Kier molecular flexibility index (Phi) is 3.83. The Morgan fingerprint density at radius 1 is 1.28 bits per heavy atom. The molecule has 0 saturated carbocycles. The highest BCUT2D eigenvalue weighted by molar-refractivity contribution is 5.98. The van der Waals surface area contributed by atoms with Crippen molar-refractivity contribution in [2.75, 3.05) is 6.54 Å². The summed E-state index contributed by atoms with van der Waals surface area (Å²) in [5.41, 5.74) is 1.95. The first kappa shape index (κ1) is 15.6. The molecule has 0 N–H and O–H groups in total. The molecule has 1 fully saturated rings. The molecule has 4 heterocycles. The first-order valence-electron chi connectivity index (χ1n) is 8.37. The third-order valence-electron chi connectivity index (χ3n) is 4.73. The first-order chi connectivity index (χ1) is 12.1. The number of fused-ring (bicyclic) bond motifs is 1. The summed E-state index contributed by atoms with van der Waals surface area (Å²) >= 11 is 0. The Bertz CT molecular complexity index is 942. The molecule has 1 aliphatic heterocycles. The third kappa shape index (κ3) is 2.93. The van der Waals surface area contributed by atoms with E-state index in [9.17, 15) is 9.59 Å². The van der Waals surface area contributed by atoms with Gasteiger partial charge in [0.25, 0.3) is 5.91 Å². The Morgan fingerprint density at radius 3 is 2.96 bits per heavy atom. The number of aryl methyl sites for hydroxylation is 1. The largest absolute Gasteiger partial charge is 0.335 e. The minimum absolute atomic E-state index is 0.0292. The summed E-state index contributed by atoms with van der Waals surface area (Å²) in [7, 11) is 1.79. The van der Waals surface area contributed by atoms with Crippen molar-refractivity contribution in [3.05, 3.63) is 54.2 Å². The molecule has 0 spiro atoms. The number of hydrogen-bond donors (Lipinski definition) is 0. The average molecular weight is 337 g/mol. The van der Waals surface area contributed by atoms with Gasteiger partial charge in [-0.15, -0.1) is 0 Å². The monoisotopic (exact) mass is 337 g/mol. The Hall–Kier alpha value is -2.96. The molecule has 1 saturated heterocycles. The molecule has 7 nitrogen and oxygen atoms in total. The van der Waals surface area contributed by atoms with Gasteiger partial charge in [-0.1, -0.05) is 0 Å². The van der Waals surface area contributed by atoms with Crippen molar-refractivity contribution in [2.45, 2.75) is 25.3 Å². The van der Waals surface area contributed by atoms with Crippen LogP contribution in [0.1, 0.15) is 40.0 Å².